The van der Waals surface area contributed by atoms with Crippen LogP contribution in [0.4, 0.5) is 0 Å². The molecule has 2 atom stereocenters. The highest BCUT2D eigenvalue weighted by molar-refractivity contribution is 5.75. The number of aliphatic carboxylic acids is 1. The van der Waals surface area contributed by atoms with Crippen LogP contribution in [0.1, 0.15) is 31.4 Å². The van der Waals surface area contributed by atoms with Crippen LogP contribution in [-0.4, -0.2) is 28.8 Å². The lowest BCUT2D eigenvalue weighted by atomic mass is 10.1. The van der Waals surface area contributed by atoms with Crippen molar-refractivity contribution >= 4 is 5.97 Å². The van der Waals surface area contributed by atoms with Crippen LogP contribution in [0.25, 0.3) is 0 Å². The van der Waals surface area contributed by atoms with Gasteiger partial charge in [-0.15, -0.1) is 0 Å². The number of aliphatic hydroxyl groups is 1. The lowest BCUT2D eigenvalue weighted by molar-refractivity contribution is -0.139. The molecule has 0 heterocycles. The molecule has 0 amide bonds. The fraction of sp³-hybridized carbons (Fsp3) is 0.462. The van der Waals surface area contributed by atoms with Gasteiger partial charge in [0.1, 0.15) is 6.04 Å². The maximum Gasteiger partial charge on any atom is 0.325 e. The summed E-state index contributed by atoms with van der Waals surface area (Å²) in [6.45, 7) is 2.39. The zero-order chi connectivity index (χ0) is 12.7. The topological polar surface area (TPSA) is 69.6 Å². The maximum absolute atomic E-state index is 11.1. The second kappa shape index (κ2) is 7.04. The van der Waals surface area contributed by atoms with Crippen molar-refractivity contribution in [1.29, 1.82) is 0 Å². The molecule has 0 spiro atoms. The number of rotatable bonds is 7. The van der Waals surface area contributed by atoms with Gasteiger partial charge in [-0.1, -0.05) is 37.3 Å². The fourth-order valence-corrected chi connectivity index (χ4v) is 1.59. The van der Waals surface area contributed by atoms with E-state index in [1.54, 1.807) is 12.1 Å². The van der Waals surface area contributed by atoms with Gasteiger partial charge in [0.25, 0.3) is 0 Å². The van der Waals surface area contributed by atoms with Crippen LogP contribution < -0.4 is 5.32 Å². The molecule has 17 heavy (non-hydrogen) atoms. The van der Waals surface area contributed by atoms with Gasteiger partial charge in [-0.25, -0.2) is 0 Å². The highest BCUT2D eigenvalue weighted by atomic mass is 16.4. The summed E-state index contributed by atoms with van der Waals surface area (Å²) in [5.41, 5.74) is 0.728. The number of carboxylic acids is 1. The van der Waals surface area contributed by atoms with Gasteiger partial charge < -0.3 is 15.5 Å². The predicted molar refractivity (Wildman–Crippen MR) is 65.7 cm³/mol. The van der Waals surface area contributed by atoms with E-state index in [2.05, 4.69) is 5.32 Å². The Bertz CT molecular complexity index is 340. The summed E-state index contributed by atoms with van der Waals surface area (Å²) in [4.78, 5) is 11.1. The summed E-state index contributed by atoms with van der Waals surface area (Å²) in [5, 5.41) is 21.5. The Labute approximate surface area is 101 Å². The van der Waals surface area contributed by atoms with Crippen LogP contribution in [0.3, 0.4) is 0 Å². The maximum atomic E-state index is 11.1. The molecule has 0 aliphatic heterocycles. The molecule has 0 saturated heterocycles. The summed E-state index contributed by atoms with van der Waals surface area (Å²) in [5.74, 6) is -0.901. The largest absolute Gasteiger partial charge is 0.480 e. The van der Waals surface area contributed by atoms with E-state index in [0.29, 0.717) is 19.4 Å². The number of aliphatic hydroxyl groups excluding tert-OH is 1. The molecule has 0 aromatic heterocycles. The minimum atomic E-state index is -0.901. The Morgan fingerprint density at radius 3 is 2.53 bits per heavy atom. The normalized spacial score (nSPS) is 14.2. The Balaban J connectivity index is 2.54. The Hall–Kier alpha value is -1.39. The van der Waals surface area contributed by atoms with Gasteiger partial charge >= 0.3 is 5.97 Å². The van der Waals surface area contributed by atoms with E-state index in [4.69, 9.17) is 5.11 Å². The zero-order valence-electron chi connectivity index (χ0n) is 9.97. The third kappa shape index (κ3) is 4.54. The molecule has 4 heteroatoms. The molecule has 0 fully saturated rings. The van der Waals surface area contributed by atoms with Gasteiger partial charge in [-0.3, -0.25) is 4.79 Å². The van der Waals surface area contributed by atoms with Crippen molar-refractivity contribution in [2.45, 2.75) is 31.9 Å². The SMILES string of the molecule is CCC(O)CCNC(C(=O)O)c1ccccc1. The molecule has 4 nitrogen and oxygen atoms in total. The molecule has 0 radical (unpaired) electrons. The first-order chi connectivity index (χ1) is 8.15. The number of hydrogen-bond acceptors (Lipinski definition) is 3. The average Bonchev–Trinajstić information content (AvgIpc) is 2.34. The summed E-state index contributed by atoms with van der Waals surface area (Å²) in [7, 11) is 0. The van der Waals surface area contributed by atoms with Gasteiger partial charge in [0.2, 0.25) is 0 Å². The van der Waals surface area contributed by atoms with Crippen LogP contribution in [-0.2, 0) is 4.79 Å². The van der Waals surface area contributed by atoms with Crippen molar-refractivity contribution in [2.24, 2.45) is 0 Å². The van der Waals surface area contributed by atoms with E-state index < -0.39 is 12.0 Å². The van der Waals surface area contributed by atoms with Crippen LogP contribution in [0, 0.1) is 0 Å². The van der Waals surface area contributed by atoms with Crippen molar-refractivity contribution in [3.63, 3.8) is 0 Å². The Morgan fingerprint density at radius 2 is 2.00 bits per heavy atom. The number of carboxylic acid groups (broad SMARTS) is 1. The average molecular weight is 237 g/mol. The second-order valence-electron chi connectivity index (χ2n) is 3.99. The first kappa shape index (κ1) is 13.7. The minimum Gasteiger partial charge on any atom is -0.480 e. The number of hydrogen-bond donors (Lipinski definition) is 3. The van der Waals surface area contributed by atoms with Crippen LogP contribution in [0.2, 0.25) is 0 Å². The van der Waals surface area contributed by atoms with Crippen molar-refractivity contribution in [1.82, 2.24) is 5.32 Å². The monoisotopic (exact) mass is 237 g/mol. The lowest BCUT2D eigenvalue weighted by Crippen LogP contribution is -2.30. The first-order valence-electron chi connectivity index (χ1n) is 5.84. The molecular formula is C13H19NO3. The standard InChI is InChI=1S/C13H19NO3/c1-2-11(15)8-9-14-12(13(16)17)10-6-4-3-5-7-10/h3-7,11-12,14-15H,2,8-9H2,1H3,(H,16,17). The third-order valence-electron chi connectivity index (χ3n) is 2.68. The summed E-state index contributed by atoms with van der Waals surface area (Å²) in [6, 6.07) is 8.33. The molecule has 0 aliphatic rings. The molecule has 3 N–H and O–H groups in total. The van der Waals surface area contributed by atoms with Crippen molar-refractivity contribution < 1.29 is 15.0 Å². The van der Waals surface area contributed by atoms with E-state index in [-0.39, 0.29) is 6.10 Å². The van der Waals surface area contributed by atoms with Crippen molar-refractivity contribution in [3.05, 3.63) is 35.9 Å². The Morgan fingerprint density at radius 1 is 1.35 bits per heavy atom. The van der Waals surface area contributed by atoms with E-state index in [0.717, 1.165) is 5.56 Å². The van der Waals surface area contributed by atoms with Crippen LogP contribution >= 0.6 is 0 Å². The van der Waals surface area contributed by atoms with E-state index >= 15 is 0 Å². The van der Waals surface area contributed by atoms with Gasteiger partial charge in [-0.05, 0) is 24.9 Å². The minimum absolute atomic E-state index is 0.368. The van der Waals surface area contributed by atoms with E-state index in [1.807, 2.05) is 25.1 Å². The highest BCUT2D eigenvalue weighted by Gasteiger charge is 2.18. The van der Waals surface area contributed by atoms with E-state index in [1.165, 1.54) is 0 Å². The number of nitrogens with one attached hydrogen (secondary N) is 1. The van der Waals surface area contributed by atoms with Gasteiger partial charge in [0, 0.05) is 0 Å². The van der Waals surface area contributed by atoms with Crippen molar-refractivity contribution in [2.75, 3.05) is 6.54 Å². The van der Waals surface area contributed by atoms with Gasteiger partial charge in [0.15, 0.2) is 0 Å². The summed E-state index contributed by atoms with van der Waals surface area (Å²) >= 11 is 0. The summed E-state index contributed by atoms with van der Waals surface area (Å²) < 4.78 is 0. The molecule has 94 valence electrons. The highest BCUT2D eigenvalue weighted by Crippen LogP contribution is 2.12. The van der Waals surface area contributed by atoms with Crippen LogP contribution in [0.15, 0.2) is 30.3 Å². The molecule has 1 rings (SSSR count). The predicted octanol–water partition coefficient (Wildman–Crippen LogP) is 1.56. The Kier molecular flexibility index (Phi) is 5.66. The number of carbonyl (C=O) groups is 1. The fourth-order valence-electron chi connectivity index (χ4n) is 1.59. The second-order valence-corrected chi connectivity index (χ2v) is 3.99. The third-order valence-corrected chi connectivity index (χ3v) is 2.68. The van der Waals surface area contributed by atoms with Gasteiger partial charge in [0.05, 0.1) is 6.10 Å². The zero-order valence-corrected chi connectivity index (χ0v) is 9.97. The quantitative estimate of drug-likeness (QED) is 0.673. The first-order valence-corrected chi connectivity index (χ1v) is 5.84. The molecule has 1 aromatic carbocycles. The molecule has 0 bridgehead atoms. The molecule has 0 aliphatic carbocycles. The van der Waals surface area contributed by atoms with Crippen molar-refractivity contribution in [3.8, 4) is 0 Å². The smallest absolute Gasteiger partial charge is 0.325 e. The lowest BCUT2D eigenvalue weighted by Gasteiger charge is -2.16. The molecular weight excluding hydrogens is 218 g/mol. The molecule has 2 unspecified atom stereocenters. The van der Waals surface area contributed by atoms with E-state index in [9.17, 15) is 9.90 Å². The number of benzene rings is 1. The van der Waals surface area contributed by atoms with Crippen LogP contribution in [0.5, 0.6) is 0 Å². The molecule has 1 aromatic rings. The van der Waals surface area contributed by atoms with Gasteiger partial charge in [-0.2, -0.15) is 0 Å². The summed E-state index contributed by atoms with van der Waals surface area (Å²) in [6.07, 6.45) is 0.880. The molecule has 0 saturated carbocycles.